The summed E-state index contributed by atoms with van der Waals surface area (Å²) >= 11 is 0. The van der Waals surface area contributed by atoms with Crippen molar-refractivity contribution in [2.45, 2.75) is 13.8 Å². The van der Waals surface area contributed by atoms with Crippen molar-refractivity contribution >= 4 is 0 Å². The molecule has 0 saturated carbocycles. The summed E-state index contributed by atoms with van der Waals surface area (Å²) in [5, 5.41) is 16.8. The van der Waals surface area contributed by atoms with E-state index in [1.54, 1.807) is 9.36 Å². The van der Waals surface area contributed by atoms with Crippen LogP contribution in [0.1, 0.15) is 11.1 Å². The molecule has 0 radical (unpaired) electrons. The molecule has 4 rings (SSSR count). The lowest BCUT2D eigenvalue weighted by molar-refractivity contribution is 0.800. The maximum Gasteiger partial charge on any atom is 0.135 e. The average molecular weight is 316 g/mol. The standard InChI is InChI=1S/C18H16N6/c1-13-3-7-15(8-4-13)23-11-17(19-21-23)18-12-24(22-20-18)16-9-5-14(2)6-10-16/h3-12H,1-2H3. The summed E-state index contributed by atoms with van der Waals surface area (Å²) < 4.78 is 3.47. The molecule has 0 N–H and O–H groups in total. The predicted molar refractivity (Wildman–Crippen MR) is 91.2 cm³/mol. The lowest BCUT2D eigenvalue weighted by Crippen LogP contribution is -1.94. The zero-order valence-corrected chi connectivity index (χ0v) is 13.5. The van der Waals surface area contributed by atoms with Crippen molar-refractivity contribution in [1.82, 2.24) is 30.0 Å². The normalized spacial score (nSPS) is 10.9. The summed E-state index contributed by atoms with van der Waals surface area (Å²) in [6.07, 6.45) is 3.71. The van der Waals surface area contributed by atoms with Crippen LogP contribution in [0.5, 0.6) is 0 Å². The van der Waals surface area contributed by atoms with Crippen molar-refractivity contribution in [2.75, 3.05) is 0 Å². The topological polar surface area (TPSA) is 61.4 Å². The lowest BCUT2D eigenvalue weighted by atomic mass is 10.2. The molecular formula is C18H16N6. The second-order valence-corrected chi connectivity index (χ2v) is 5.77. The second-order valence-electron chi connectivity index (χ2n) is 5.77. The SMILES string of the molecule is Cc1ccc(-n2cc(-c3cn(-c4ccc(C)cc4)nn3)nn2)cc1. The molecule has 0 atom stereocenters. The maximum absolute atomic E-state index is 4.20. The first kappa shape index (κ1) is 14.3. The Morgan fingerprint density at radius 1 is 0.583 bits per heavy atom. The lowest BCUT2D eigenvalue weighted by Gasteiger charge is -1.99. The van der Waals surface area contributed by atoms with Crippen LogP contribution in [-0.2, 0) is 0 Å². The summed E-state index contributed by atoms with van der Waals surface area (Å²) in [7, 11) is 0. The molecule has 0 aliphatic heterocycles. The van der Waals surface area contributed by atoms with Crippen LogP contribution in [-0.4, -0.2) is 30.0 Å². The molecule has 0 aliphatic rings. The van der Waals surface area contributed by atoms with E-state index in [4.69, 9.17) is 0 Å². The van der Waals surface area contributed by atoms with Gasteiger partial charge in [-0.25, -0.2) is 9.36 Å². The van der Waals surface area contributed by atoms with Crippen LogP contribution in [0.15, 0.2) is 60.9 Å². The van der Waals surface area contributed by atoms with Gasteiger partial charge in [0, 0.05) is 0 Å². The van der Waals surface area contributed by atoms with Gasteiger partial charge < -0.3 is 0 Å². The minimum atomic E-state index is 0.689. The molecule has 0 unspecified atom stereocenters. The van der Waals surface area contributed by atoms with Crippen molar-refractivity contribution in [2.24, 2.45) is 0 Å². The van der Waals surface area contributed by atoms with Crippen LogP contribution in [0.4, 0.5) is 0 Å². The zero-order valence-electron chi connectivity index (χ0n) is 13.5. The van der Waals surface area contributed by atoms with E-state index in [1.807, 2.05) is 60.9 Å². The maximum atomic E-state index is 4.20. The molecule has 0 spiro atoms. The van der Waals surface area contributed by atoms with Crippen LogP contribution >= 0.6 is 0 Å². The van der Waals surface area contributed by atoms with E-state index in [0.29, 0.717) is 11.4 Å². The van der Waals surface area contributed by atoms with Crippen LogP contribution in [0.25, 0.3) is 22.8 Å². The van der Waals surface area contributed by atoms with E-state index in [2.05, 4.69) is 34.5 Å². The molecule has 6 nitrogen and oxygen atoms in total. The van der Waals surface area contributed by atoms with E-state index in [1.165, 1.54) is 11.1 Å². The molecule has 6 heteroatoms. The highest BCUT2D eigenvalue weighted by Crippen LogP contribution is 2.17. The number of hydrogen-bond acceptors (Lipinski definition) is 4. The monoisotopic (exact) mass is 316 g/mol. The summed E-state index contributed by atoms with van der Waals surface area (Å²) in [6, 6.07) is 16.2. The summed E-state index contributed by atoms with van der Waals surface area (Å²) in [5.41, 5.74) is 5.72. The van der Waals surface area contributed by atoms with Gasteiger partial charge in [0.05, 0.1) is 23.8 Å². The van der Waals surface area contributed by atoms with Gasteiger partial charge >= 0.3 is 0 Å². The summed E-state index contributed by atoms with van der Waals surface area (Å²) in [5.74, 6) is 0. The van der Waals surface area contributed by atoms with Gasteiger partial charge in [0.15, 0.2) is 0 Å². The highest BCUT2D eigenvalue weighted by molar-refractivity contribution is 5.52. The molecule has 2 aromatic heterocycles. The first-order valence-electron chi connectivity index (χ1n) is 7.68. The van der Waals surface area contributed by atoms with Crippen molar-refractivity contribution in [3.8, 4) is 22.8 Å². The van der Waals surface area contributed by atoms with Crippen molar-refractivity contribution in [1.29, 1.82) is 0 Å². The fourth-order valence-electron chi connectivity index (χ4n) is 2.41. The fraction of sp³-hybridized carbons (Fsp3) is 0.111. The van der Waals surface area contributed by atoms with E-state index in [9.17, 15) is 0 Å². The number of rotatable bonds is 3. The van der Waals surface area contributed by atoms with Gasteiger partial charge in [0.1, 0.15) is 11.4 Å². The third kappa shape index (κ3) is 2.69. The molecule has 118 valence electrons. The Morgan fingerprint density at radius 3 is 1.33 bits per heavy atom. The zero-order chi connectivity index (χ0) is 16.5. The van der Waals surface area contributed by atoms with E-state index in [0.717, 1.165) is 11.4 Å². The van der Waals surface area contributed by atoms with Crippen LogP contribution in [0.2, 0.25) is 0 Å². The fourth-order valence-corrected chi connectivity index (χ4v) is 2.41. The van der Waals surface area contributed by atoms with Crippen LogP contribution in [0.3, 0.4) is 0 Å². The third-order valence-electron chi connectivity index (χ3n) is 3.85. The van der Waals surface area contributed by atoms with Crippen molar-refractivity contribution in [3.63, 3.8) is 0 Å². The molecule has 0 amide bonds. The number of benzene rings is 2. The van der Waals surface area contributed by atoms with Gasteiger partial charge in [0.25, 0.3) is 0 Å². The van der Waals surface area contributed by atoms with E-state index >= 15 is 0 Å². The molecule has 2 aromatic carbocycles. The van der Waals surface area contributed by atoms with Gasteiger partial charge in [-0.2, -0.15) is 0 Å². The molecular weight excluding hydrogens is 300 g/mol. The minimum absolute atomic E-state index is 0.689. The molecule has 0 saturated heterocycles. The molecule has 0 aliphatic carbocycles. The van der Waals surface area contributed by atoms with Gasteiger partial charge in [-0.05, 0) is 38.1 Å². The van der Waals surface area contributed by atoms with Gasteiger partial charge in [-0.1, -0.05) is 45.8 Å². The highest BCUT2D eigenvalue weighted by atomic mass is 15.4. The Labute approximate surface area is 139 Å². The van der Waals surface area contributed by atoms with Gasteiger partial charge in [-0.15, -0.1) is 10.2 Å². The molecule has 4 aromatic rings. The first-order chi connectivity index (χ1) is 11.7. The van der Waals surface area contributed by atoms with E-state index < -0.39 is 0 Å². The van der Waals surface area contributed by atoms with E-state index in [-0.39, 0.29) is 0 Å². The Bertz CT molecular complexity index is 882. The molecule has 0 bridgehead atoms. The quantitative estimate of drug-likeness (QED) is 0.582. The Morgan fingerprint density at radius 2 is 0.958 bits per heavy atom. The molecule has 0 fully saturated rings. The number of aromatic nitrogens is 6. The van der Waals surface area contributed by atoms with Crippen LogP contribution < -0.4 is 0 Å². The van der Waals surface area contributed by atoms with Gasteiger partial charge in [-0.3, -0.25) is 0 Å². The Balaban J connectivity index is 1.63. The average Bonchev–Trinajstić information content (AvgIpc) is 3.25. The Kier molecular flexibility index (Phi) is 3.42. The van der Waals surface area contributed by atoms with Crippen molar-refractivity contribution in [3.05, 3.63) is 72.1 Å². The van der Waals surface area contributed by atoms with Crippen molar-refractivity contribution < 1.29 is 0 Å². The molecule has 2 heterocycles. The second kappa shape index (κ2) is 5.73. The predicted octanol–water partition coefficient (Wildman–Crippen LogP) is 3.13. The number of hydrogen-bond donors (Lipinski definition) is 0. The molecule has 24 heavy (non-hydrogen) atoms. The number of nitrogens with zero attached hydrogens (tertiary/aromatic N) is 6. The number of aryl methyl sites for hydroxylation is 2. The Hall–Kier alpha value is -3.28. The summed E-state index contributed by atoms with van der Waals surface area (Å²) in [4.78, 5) is 0. The summed E-state index contributed by atoms with van der Waals surface area (Å²) in [6.45, 7) is 4.11. The highest BCUT2D eigenvalue weighted by Gasteiger charge is 2.10. The van der Waals surface area contributed by atoms with Crippen LogP contribution in [0, 0.1) is 13.8 Å². The smallest absolute Gasteiger partial charge is 0.135 e. The van der Waals surface area contributed by atoms with Gasteiger partial charge in [0.2, 0.25) is 0 Å². The largest absolute Gasteiger partial charge is 0.220 e. The first-order valence-corrected chi connectivity index (χ1v) is 7.68. The minimum Gasteiger partial charge on any atom is -0.220 e. The third-order valence-corrected chi connectivity index (χ3v) is 3.85.